The summed E-state index contributed by atoms with van der Waals surface area (Å²) in [7, 11) is -1.44. The van der Waals surface area contributed by atoms with Gasteiger partial charge < -0.3 is 20.7 Å². The quantitative estimate of drug-likeness (QED) is 0.236. The van der Waals surface area contributed by atoms with Gasteiger partial charge in [0.15, 0.2) is 9.84 Å². The first-order valence-corrected chi connectivity index (χ1v) is 21.3. The summed E-state index contributed by atoms with van der Waals surface area (Å²) in [5, 5.41) is 4.16. The lowest BCUT2D eigenvalue weighted by atomic mass is 9.34. The summed E-state index contributed by atoms with van der Waals surface area (Å²) in [5.41, 5.74) is 12.7. The third-order valence-corrected chi connectivity index (χ3v) is 17.7. The normalized spacial score (nSPS) is 41.9. The first-order valence-electron chi connectivity index (χ1n) is 19.5. The number of allylic oxidation sites excluding steroid dienone is 3. The molecule has 0 amide bonds. The molecule has 5 aliphatic carbocycles. The standard InChI is InChI=1S/C42H63N3O4S/c1-28(2)31-14-19-41(44-22-23-45-24-26-50(47,48)27-25-45)20-21-42(43)33(36(31)41)12-13-35-39(5)17-15-32(29-8-10-30(11-9-29)37(46)49-7)38(3,4)34(39)16-18-40(35,42)6/h8-11,15,31,33-36,44H,1,12-14,16-27,43H2,2-7H3/t31?,33-,34+,35-,36-,39+,40-,41+,42+/m1/s1. The number of nitrogens with one attached hydrogen (secondary N) is 1. The highest BCUT2D eigenvalue weighted by atomic mass is 32.2. The second-order valence-corrected chi connectivity index (χ2v) is 20.8. The van der Waals surface area contributed by atoms with E-state index in [9.17, 15) is 13.2 Å². The lowest BCUT2D eigenvalue weighted by Gasteiger charge is -2.72. The predicted molar refractivity (Wildman–Crippen MR) is 202 cm³/mol. The lowest BCUT2D eigenvalue weighted by Crippen LogP contribution is -2.75. The third kappa shape index (κ3) is 5.51. The molecule has 0 spiro atoms. The number of ether oxygens (including phenoxy) is 1. The fraction of sp³-hybridized carbons (Fsp3) is 0.738. The highest BCUT2D eigenvalue weighted by Crippen LogP contribution is 2.73. The molecule has 7 rings (SSSR count). The van der Waals surface area contributed by atoms with Gasteiger partial charge in [0.05, 0.1) is 24.2 Å². The Hall–Kier alpha value is -2.00. The lowest BCUT2D eigenvalue weighted by molar-refractivity contribution is -0.186. The summed E-state index contributed by atoms with van der Waals surface area (Å²) >= 11 is 0. The summed E-state index contributed by atoms with van der Waals surface area (Å²) in [6.07, 6.45) is 12.9. The van der Waals surface area contributed by atoms with E-state index in [2.05, 4.69) is 69.6 Å². The van der Waals surface area contributed by atoms with Crippen LogP contribution >= 0.6 is 0 Å². The molecule has 1 aromatic carbocycles. The van der Waals surface area contributed by atoms with Crippen LogP contribution in [0.1, 0.15) is 108 Å². The number of nitrogens with two attached hydrogens (primary N) is 1. The smallest absolute Gasteiger partial charge is 0.337 e. The van der Waals surface area contributed by atoms with E-state index in [0.29, 0.717) is 48.2 Å². The number of carbonyl (C=O) groups is 1. The summed E-state index contributed by atoms with van der Waals surface area (Å²) in [6, 6.07) is 8.02. The van der Waals surface area contributed by atoms with E-state index in [4.69, 9.17) is 10.5 Å². The molecular formula is C42H63N3O4S. The van der Waals surface area contributed by atoms with Crippen molar-refractivity contribution < 1.29 is 17.9 Å². The number of sulfone groups is 1. The number of hydrogen-bond acceptors (Lipinski definition) is 7. The first kappa shape index (κ1) is 36.4. The van der Waals surface area contributed by atoms with Crippen molar-refractivity contribution >= 4 is 21.4 Å². The molecule has 0 bridgehead atoms. The van der Waals surface area contributed by atoms with Crippen LogP contribution in [0.4, 0.5) is 0 Å². The third-order valence-electron chi connectivity index (χ3n) is 16.1. The minimum atomic E-state index is -2.87. The van der Waals surface area contributed by atoms with Crippen molar-refractivity contribution in [1.82, 2.24) is 10.2 Å². The van der Waals surface area contributed by atoms with Crippen molar-refractivity contribution in [3.63, 3.8) is 0 Å². The number of esters is 1. The maximum absolute atomic E-state index is 12.1. The van der Waals surface area contributed by atoms with Crippen molar-refractivity contribution in [2.75, 3.05) is 44.8 Å². The monoisotopic (exact) mass is 705 g/mol. The van der Waals surface area contributed by atoms with Gasteiger partial charge in [0.1, 0.15) is 0 Å². The van der Waals surface area contributed by atoms with Crippen LogP contribution in [0, 0.1) is 45.8 Å². The Morgan fingerprint density at radius 2 is 1.68 bits per heavy atom. The Labute approximate surface area is 302 Å². The fourth-order valence-corrected chi connectivity index (χ4v) is 14.9. The minimum Gasteiger partial charge on any atom is -0.465 e. The maximum atomic E-state index is 12.1. The molecule has 1 aromatic rings. The highest BCUT2D eigenvalue weighted by Gasteiger charge is 2.71. The molecule has 5 fully saturated rings. The fourth-order valence-electron chi connectivity index (χ4n) is 13.6. The van der Waals surface area contributed by atoms with Gasteiger partial charge in [-0.25, -0.2) is 13.2 Å². The zero-order chi connectivity index (χ0) is 35.9. The second-order valence-electron chi connectivity index (χ2n) is 18.5. The van der Waals surface area contributed by atoms with Crippen LogP contribution in [0.2, 0.25) is 0 Å². The van der Waals surface area contributed by atoms with Crippen LogP contribution in [0.25, 0.3) is 5.57 Å². The molecule has 8 heteroatoms. The van der Waals surface area contributed by atoms with E-state index in [1.54, 1.807) is 0 Å². The molecule has 1 unspecified atom stereocenters. The van der Waals surface area contributed by atoms with Crippen molar-refractivity contribution in [2.45, 2.75) is 103 Å². The summed E-state index contributed by atoms with van der Waals surface area (Å²) in [5.74, 6) is 2.84. The number of hydrogen-bond donors (Lipinski definition) is 2. The van der Waals surface area contributed by atoms with E-state index < -0.39 is 9.84 Å². The van der Waals surface area contributed by atoms with Gasteiger partial charge >= 0.3 is 5.97 Å². The number of fused-ring (bicyclic) bond motifs is 7. The Balaban J connectivity index is 1.14. The molecule has 1 saturated heterocycles. The van der Waals surface area contributed by atoms with Gasteiger partial charge in [-0.05, 0) is 134 Å². The van der Waals surface area contributed by atoms with E-state index in [-0.39, 0.29) is 44.8 Å². The van der Waals surface area contributed by atoms with Crippen molar-refractivity contribution in [1.29, 1.82) is 0 Å². The van der Waals surface area contributed by atoms with Crippen LogP contribution in [0.3, 0.4) is 0 Å². The molecular weight excluding hydrogens is 643 g/mol. The molecule has 1 heterocycles. The van der Waals surface area contributed by atoms with E-state index in [1.807, 2.05) is 12.1 Å². The van der Waals surface area contributed by atoms with E-state index in [0.717, 1.165) is 32.4 Å². The molecule has 4 saturated carbocycles. The number of carbonyl (C=O) groups excluding carboxylic acids is 1. The zero-order valence-corrected chi connectivity index (χ0v) is 32.5. The zero-order valence-electron chi connectivity index (χ0n) is 31.7. The van der Waals surface area contributed by atoms with Crippen molar-refractivity contribution in [3.05, 3.63) is 53.6 Å². The highest BCUT2D eigenvalue weighted by molar-refractivity contribution is 7.91. The van der Waals surface area contributed by atoms with Crippen LogP contribution < -0.4 is 11.1 Å². The van der Waals surface area contributed by atoms with Gasteiger partial charge in [0.2, 0.25) is 0 Å². The van der Waals surface area contributed by atoms with Gasteiger partial charge in [-0.3, -0.25) is 0 Å². The molecule has 50 heavy (non-hydrogen) atoms. The van der Waals surface area contributed by atoms with Crippen LogP contribution in [-0.4, -0.2) is 75.2 Å². The van der Waals surface area contributed by atoms with Gasteiger partial charge in [-0.2, -0.15) is 0 Å². The summed E-state index contributed by atoms with van der Waals surface area (Å²) in [4.78, 5) is 14.5. The van der Waals surface area contributed by atoms with Crippen LogP contribution in [0.15, 0.2) is 42.5 Å². The average molecular weight is 706 g/mol. The molecule has 6 aliphatic rings. The molecule has 0 aromatic heterocycles. The van der Waals surface area contributed by atoms with Gasteiger partial charge in [0.25, 0.3) is 0 Å². The van der Waals surface area contributed by atoms with E-state index in [1.165, 1.54) is 62.3 Å². The first-order chi connectivity index (χ1) is 23.5. The second kappa shape index (κ2) is 12.6. The molecule has 3 N–H and O–H groups in total. The Morgan fingerprint density at radius 1 is 0.980 bits per heavy atom. The Morgan fingerprint density at radius 3 is 2.34 bits per heavy atom. The largest absolute Gasteiger partial charge is 0.465 e. The number of rotatable bonds is 7. The molecule has 0 radical (unpaired) electrons. The summed E-state index contributed by atoms with van der Waals surface area (Å²) in [6.45, 7) is 20.0. The van der Waals surface area contributed by atoms with Gasteiger partial charge in [-0.15, -0.1) is 0 Å². The van der Waals surface area contributed by atoms with Crippen molar-refractivity contribution in [2.24, 2.45) is 51.6 Å². The number of methoxy groups -OCH3 is 1. The Bertz CT molecular complexity index is 1640. The van der Waals surface area contributed by atoms with Gasteiger partial charge in [-0.1, -0.05) is 58.1 Å². The van der Waals surface area contributed by atoms with E-state index >= 15 is 0 Å². The number of nitrogens with zero attached hydrogens (tertiary/aromatic N) is 1. The SMILES string of the molecule is C=C(C)C1CC[C@]2(NCCN3CCS(=O)(=O)CC3)CC[C@]3(N)[C@H](CC[C@@H]4[C@@]5(C)CC=C(c6ccc(C(=O)OC)cc6)C(C)(C)[C@@H]5CC[C@]43C)[C@@H]12. The predicted octanol–water partition coefficient (Wildman–Crippen LogP) is 6.89. The van der Waals surface area contributed by atoms with Gasteiger partial charge in [0, 0.05) is 37.3 Å². The molecule has 7 nitrogen and oxygen atoms in total. The van der Waals surface area contributed by atoms with Crippen LogP contribution in [0.5, 0.6) is 0 Å². The average Bonchev–Trinajstić information content (AvgIpc) is 3.45. The summed E-state index contributed by atoms with van der Waals surface area (Å²) < 4.78 is 29.0. The molecule has 9 atom stereocenters. The minimum absolute atomic E-state index is 0.000401. The van der Waals surface area contributed by atoms with Crippen molar-refractivity contribution in [3.8, 4) is 0 Å². The topological polar surface area (TPSA) is 102 Å². The number of benzene rings is 1. The molecule has 1 aliphatic heterocycles. The van der Waals surface area contributed by atoms with Crippen LogP contribution in [-0.2, 0) is 14.6 Å². The Kier molecular flexibility index (Phi) is 9.13. The maximum Gasteiger partial charge on any atom is 0.337 e. The molecule has 276 valence electrons.